The third kappa shape index (κ3) is 3.53. The van der Waals surface area contributed by atoms with Gasteiger partial charge in [-0.2, -0.15) is 0 Å². The van der Waals surface area contributed by atoms with Gasteiger partial charge in [-0.3, -0.25) is 9.88 Å². The molecule has 0 saturated carbocycles. The van der Waals surface area contributed by atoms with Gasteiger partial charge in [-0.25, -0.2) is 0 Å². The summed E-state index contributed by atoms with van der Waals surface area (Å²) in [6, 6.07) is 6.35. The van der Waals surface area contributed by atoms with Crippen LogP contribution in [0.15, 0.2) is 24.4 Å². The third-order valence-corrected chi connectivity index (χ3v) is 4.12. The first kappa shape index (κ1) is 14.4. The Morgan fingerprint density at radius 3 is 3.00 bits per heavy atom. The van der Waals surface area contributed by atoms with E-state index in [1.54, 1.807) is 0 Å². The molecule has 1 fully saturated rings. The SMILES string of the molecule is CCC(N)C(c1ccccn1)N1CCC(CCO)C1. The number of hydrogen-bond acceptors (Lipinski definition) is 4. The van der Waals surface area contributed by atoms with E-state index in [0.29, 0.717) is 5.92 Å². The van der Waals surface area contributed by atoms with Crippen molar-refractivity contribution < 1.29 is 5.11 Å². The van der Waals surface area contributed by atoms with E-state index in [2.05, 4.69) is 22.9 Å². The third-order valence-electron chi connectivity index (χ3n) is 4.12. The molecule has 0 bridgehead atoms. The van der Waals surface area contributed by atoms with Gasteiger partial charge in [0.15, 0.2) is 0 Å². The van der Waals surface area contributed by atoms with Crippen molar-refractivity contribution in [3.8, 4) is 0 Å². The average Bonchev–Trinajstić information content (AvgIpc) is 2.89. The Balaban J connectivity index is 2.11. The summed E-state index contributed by atoms with van der Waals surface area (Å²) in [5.41, 5.74) is 7.39. The summed E-state index contributed by atoms with van der Waals surface area (Å²) in [5, 5.41) is 9.07. The molecule has 1 aliphatic rings. The van der Waals surface area contributed by atoms with Crippen LogP contribution in [0.3, 0.4) is 0 Å². The lowest BCUT2D eigenvalue weighted by Gasteiger charge is -2.31. The topological polar surface area (TPSA) is 62.4 Å². The zero-order valence-electron chi connectivity index (χ0n) is 11.7. The van der Waals surface area contributed by atoms with E-state index < -0.39 is 0 Å². The molecule has 1 saturated heterocycles. The number of likely N-dealkylation sites (tertiary alicyclic amines) is 1. The summed E-state index contributed by atoms with van der Waals surface area (Å²) in [7, 11) is 0. The fourth-order valence-electron chi connectivity index (χ4n) is 2.98. The van der Waals surface area contributed by atoms with Gasteiger partial charge in [-0.15, -0.1) is 0 Å². The molecule has 4 nitrogen and oxygen atoms in total. The Morgan fingerprint density at radius 1 is 1.53 bits per heavy atom. The lowest BCUT2D eigenvalue weighted by molar-refractivity contribution is 0.190. The minimum absolute atomic E-state index is 0.114. The van der Waals surface area contributed by atoms with Crippen molar-refractivity contribution in [2.75, 3.05) is 19.7 Å². The summed E-state index contributed by atoms with van der Waals surface area (Å²) >= 11 is 0. The number of rotatable bonds is 6. The van der Waals surface area contributed by atoms with Gasteiger partial charge in [0.2, 0.25) is 0 Å². The molecular weight excluding hydrogens is 238 g/mol. The van der Waals surface area contributed by atoms with Crippen LogP contribution in [0.1, 0.15) is 37.9 Å². The Kier molecular flexibility index (Phi) is 5.31. The molecule has 106 valence electrons. The van der Waals surface area contributed by atoms with Crippen LogP contribution in [-0.2, 0) is 0 Å². The van der Waals surface area contributed by atoms with Gasteiger partial charge in [0, 0.05) is 25.4 Å². The highest BCUT2D eigenvalue weighted by Crippen LogP contribution is 2.30. The zero-order chi connectivity index (χ0) is 13.7. The predicted octanol–water partition coefficient (Wildman–Crippen LogP) is 1.56. The second-order valence-corrected chi connectivity index (χ2v) is 5.43. The van der Waals surface area contributed by atoms with Crippen molar-refractivity contribution in [1.82, 2.24) is 9.88 Å². The van der Waals surface area contributed by atoms with Gasteiger partial charge in [-0.1, -0.05) is 13.0 Å². The highest BCUT2D eigenvalue weighted by molar-refractivity contribution is 5.12. The first-order valence-corrected chi connectivity index (χ1v) is 7.27. The number of hydrogen-bond donors (Lipinski definition) is 2. The number of aliphatic hydroxyl groups excluding tert-OH is 1. The van der Waals surface area contributed by atoms with E-state index in [4.69, 9.17) is 10.8 Å². The van der Waals surface area contributed by atoms with Crippen LogP contribution in [0.4, 0.5) is 0 Å². The molecule has 4 heteroatoms. The molecule has 0 aliphatic carbocycles. The van der Waals surface area contributed by atoms with Crippen molar-refractivity contribution >= 4 is 0 Å². The number of aliphatic hydroxyl groups is 1. The van der Waals surface area contributed by atoms with E-state index in [1.807, 2.05) is 18.3 Å². The summed E-state index contributed by atoms with van der Waals surface area (Å²) in [4.78, 5) is 6.93. The van der Waals surface area contributed by atoms with Gasteiger partial charge in [0.25, 0.3) is 0 Å². The largest absolute Gasteiger partial charge is 0.396 e. The minimum atomic E-state index is 0.114. The quantitative estimate of drug-likeness (QED) is 0.817. The fourth-order valence-corrected chi connectivity index (χ4v) is 2.98. The van der Waals surface area contributed by atoms with E-state index in [1.165, 1.54) is 0 Å². The van der Waals surface area contributed by atoms with E-state index in [-0.39, 0.29) is 18.7 Å². The molecule has 2 heterocycles. The van der Waals surface area contributed by atoms with Gasteiger partial charge >= 0.3 is 0 Å². The van der Waals surface area contributed by atoms with Gasteiger partial charge < -0.3 is 10.8 Å². The summed E-state index contributed by atoms with van der Waals surface area (Å²) < 4.78 is 0. The fraction of sp³-hybridized carbons (Fsp3) is 0.667. The standard InChI is InChI=1S/C15H25N3O/c1-2-13(16)15(14-5-3-4-8-17-14)18-9-6-12(11-18)7-10-19/h3-5,8,12-13,15,19H,2,6-7,9-11,16H2,1H3. The maximum absolute atomic E-state index is 9.07. The predicted molar refractivity (Wildman–Crippen MR) is 76.6 cm³/mol. The van der Waals surface area contributed by atoms with Crippen LogP contribution in [-0.4, -0.2) is 40.7 Å². The minimum Gasteiger partial charge on any atom is -0.396 e. The smallest absolute Gasteiger partial charge is 0.0673 e. The second-order valence-electron chi connectivity index (χ2n) is 5.43. The molecule has 0 amide bonds. The molecular formula is C15H25N3O. The molecule has 1 aliphatic heterocycles. The monoisotopic (exact) mass is 263 g/mol. The summed E-state index contributed by atoms with van der Waals surface area (Å²) in [6.07, 6.45) is 4.83. The Labute approximate surface area is 115 Å². The number of aromatic nitrogens is 1. The molecule has 1 aromatic rings. The Hall–Kier alpha value is -0.970. The maximum atomic E-state index is 9.07. The molecule has 0 spiro atoms. The van der Waals surface area contributed by atoms with Crippen molar-refractivity contribution in [3.63, 3.8) is 0 Å². The first-order valence-electron chi connectivity index (χ1n) is 7.27. The van der Waals surface area contributed by atoms with Crippen molar-refractivity contribution in [3.05, 3.63) is 30.1 Å². The van der Waals surface area contributed by atoms with E-state index >= 15 is 0 Å². The zero-order valence-corrected chi connectivity index (χ0v) is 11.7. The van der Waals surface area contributed by atoms with Crippen LogP contribution in [0, 0.1) is 5.92 Å². The number of nitrogens with zero attached hydrogens (tertiary/aromatic N) is 2. The average molecular weight is 263 g/mol. The molecule has 3 atom stereocenters. The van der Waals surface area contributed by atoms with E-state index in [0.717, 1.165) is 38.0 Å². The molecule has 2 rings (SSSR count). The molecule has 1 aromatic heterocycles. The highest BCUT2D eigenvalue weighted by atomic mass is 16.3. The first-order chi connectivity index (χ1) is 9.26. The molecule has 0 aromatic carbocycles. The molecule has 0 radical (unpaired) electrons. The maximum Gasteiger partial charge on any atom is 0.0673 e. The van der Waals surface area contributed by atoms with Crippen molar-refractivity contribution in [1.29, 1.82) is 0 Å². The molecule has 3 unspecified atom stereocenters. The number of nitrogens with two attached hydrogens (primary N) is 1. The van der Waals surface area contributed by atoms with Gasteiger partial charge in [0.1, 0.15) is 0 Å². The Morgan fingerprint density at radius 2 is 2.37 bits per heavy atom. The van der Waals surface area contributed by atoms with Gasteiger partial charge in [-0.05, 0) is 43.9 Å². The van der Waals surface area contributed by atoms with Crippen LogP contribution in [0.2, 0.25) is 0 Å². The Bertz CT molecular complexity index is 371. The van der Waals surface area contributed by atoms with Crippen LogP contribution >= 0.6 is 0 Å². The van der Waals surface area contributed by atoms with Crippen LogP contribution in [0.25, 0.3) is 0 Å². The van der Waals surface area contributed by atoms with Gasteiger partial charge in [0.05, 0.1) is 11.7 Å². The highest BCUT2D eigenvalue weighted by Gasteiger charge is 2.32. The van der Waals surface area contributed by atoms with Crippen LogP contribution < -0.4 is 5.73 Å². The lowest BCUT2D eigenvalue weighted by Crippen LogP contribution is -2.40. The molecule has 19 heavy (non-hydrogen) atoms. The number of pyridine rings is 1. The normalized spacial score (nSPS) is 23.4. The molecule has 3 N–H and O–H groups in total. The summed E-state index contributed by atoms with van der Waals surface area (Å²) in [5.74, 6) is 0.597. The second kappa shape index (κ2) is 6.98. The van der Waals surface area contributed by atoms with Crippen molar-refractivity contribution in [2.24, 2.45) is 11.7 Å². The van der Waals surface area contributed by atoms with Crippen molar-refractivity contribution in [2.45, 2.75) is 38.3 Å². The lowest BCUT2D eigenvalue weighted by atomic mass is 10.0. The van der Waals surface area contributed by atoms with Crippen LogP contribution in [0.5, 0.6) is 0 Å². The summed E-state index contributed by atoms with van der Waals surface area (Å²) in [6.45, 7) is 4.49. The van der Waals surface area contributed by atoms with E-state index in [9.17, 15) is 0 Å².